The standard InChI is InChI=1S/C15H18N4/c1-4-12-6-2-8-17-15(12)13(5-1)10-16-11-14-7-3-9-18-19-14/h1,3-5,7,9,16-17H,2,6,8,10-11H2. The predicted octanol–water partition coefficient (Wildman–Crippen LogP) is 2.12. The molecule has 2 aromatic rings. The van der Waals surface area contributed by atoms with Gasteiger partial charge < -0.3 is 10.6 Å². The van der Waals surface area contributed by atoms with Crippen molar-refractivity contribution in [3.63, 3.8) is 0 Å². The molecule has 4 nitrogen and oxygen atoms in total. The summed E-state index contributed by atoms with van der Waals surface area (Å²) in [5.41, 5.74) is 5.06. The number of anilines is 1. The van der Waals surface area contributed by atoms with Crippen LogP contribution in [0.15, 0.2) is 36.5 Å². The second-order valence-corrected chi connectivity index (χ2v) is 4.80. The van der Waals surface area contributed by atoms with Crippen molar-refractivity contribution in [1.82, 2.24) is 15.5 Å². The Balaban J connectivity index is 1.64. The van der Waals surface area contributed by atoms with Gasteiger partial charge in [0.2, 0.25) is 0 Å². The minimum absolute atomic E-state index is 0.748. The van der Waals surface area contributed by atoms with E-state index in [1.807, 2.05) is 12.1 Å². The van der Waals surface area contributed by atoms with Crippen molar-refractivity contribution in [2.75, 3.05) is 11.9 Å². The molecule has 1 aromatic carbocycles. The van der Waals surface area contributed by atoms with E-state index in [4.69, 9.17) is 0 Å². The van der Waals surface area contributed by atoms with E-state index in [9.17, 15) is 0 Å². The molecule has 0 saturated heterocycles. The maximum atomic E-state index is 4.07. The Bertz CT molecular complexity index is 539. The molecule has 98 valence electrons. The molecule has 3 rings (SSSR count). The van der Waals surface area contributed by atoms with Gasteiger partial charge in [-0.1, -0.05) is 18.2 Å². The van der Waals surface area contributed by atoms with Crippen LogP contribution in [0.3, 0.4) is 0 Å². The smallest absolute Gasteiger partial charge is 0.0769 e. The Hall–Kier alpha value is -1.94. The number of hydrogen-bond donors (Lipinski definition) is 2. The average molecular weight is 254 g/mol. The van der Waals surface area contributed by atoms with Gasteiger partial charge in [-0.05, 0) is 36.1 Å². The van der Waals surface area contributed by atoms with Gasteiger partial charge in [-0.2, -0.15) is 10.2 Å². The zero-order valence-corrected chi connectivity index (χ0v) is 10.9. The lowest BCUT2D eigenvalue weighted by molar-refractivity contribution is 0.668. The van der Waals surface area contributed by atoms with Crippen LogP contribution in [0.5, 0.6) is 0 Å². The molecule has 0 amide bonds. The molecule has 4 heteroatoms. The SMILES string of the molecule is c1cnnc(CNCc2cccc3c2NCCC3)c1. The molecule has 2 heterocycles. The lowest BCUT2D eigenvalue weighted by atomic mass is 9.99. The molecule has 0 atom stereocenters. The molecule has 0 unspecified atom stereocenters. The average Bonchev–Trinajstić information content (AvgIpc) is 2.49. The summed E-state index contributed by atoms with van der Waals surface area (Å²) >= 11 is 0. The third-order valence-corrected chi connectivity index (χ3v) is 3.41. The molecule has 1 aliphatic rings. The second-order valence-electron chi connectivity index (χ2n) is 4.80. The first-order chi connectivity index (χ1) is 9.43. The van der Waals surface area contributed by atoms with Crippen molar-refractivity contribution in [2.24, 2.45) is 0 Å². The fraction of sp³-hybridized carbons (Fsp3) is 0.333. The summed E-state index contributed by atoms with van der Waals surface area (Å²) < 4.78 is 0. The predicted molar refractivity (Wildman–Crippen MR) is 75.8 cm³/mol. The summed E-state index contributed by atoms with van der Waals surface area (Å²) in [6, 6.07) is 10.4. The largest absolute Gasteiger partial charge is 0.385 e. The van der Waals surface area contributed by atoms with Crippen molar-refractivity contribution in [1.29, 1.82) is 0 Å². The number of rotatable bonds is 4. The van der Waals surface area contributed by atoms with Crippen molar-refractivity contribution < 1.29 is 0 Å². The van der Waals surface area contributed by atoms with E-state index in [0.717, 1.165) is 25.3 Å². The second kappa shape index (κ2) is 5.80. The van der Waals surface area contributed by atoms with Crippen LogP contribution >= 0.6 is 0 Å². The van der Waals surface area contributed by atoms with Crippen LogP contribution in [-0.4, -0.2) is 16.7 Å². The maximum absolute atomic E-state index is 4.07. The van der Waals surface area contributed by atoms with E-state index in [-0.39, 0.29) is 0 Å². The van der Waals surface area contributed by atoms with E-state index in [0.29, 0.717) is 0 Å². The normalized spacial score (nSPS) is 13.7. The molecule has 0 fully saturated rings. The van der Waals surface area contributed by atoms with Gasteiger partial charge in [-0.3, -0.25) is 0 Å². The van der Waals surface area contributed by atoms with Crippen LogP contribution in [0.2, 0.25) is 0 Å². The Labute approximate surface area is 113 Å². The topological polar surface area (TPSA) is 49.8 Å². The van der Waals surface area contributed by atoms with Crippen LogP contribution in [0.1, 0.15) is 23.2 Å². The molecular formula is C15H18N4. The molecule has 0 radical (unpaired) electrons. The molecule has 0 spiro atoms. The maximum Gasteiger partial charge on any atom is 0.0769 e. The third kappa shape index (κ3) is 2.90. The fourth-order valence-corrected chi connectivity index (χ4v) is 2.48. The van der Waals surface area contributed by atoms with Crippen LogP contribution in [0.4, 0.5) is 5.69 Å². The van der Waals surface area contributed by atoms with Gasteiger partial charge in [0.25, 0.3) is 0 Å². The summed E-state index contributed by atoms with van der Waals surface area (Å²) in [7, 11) is 0. The zero-order chi connectivity index (χ0) is 12.9. The Morgan fingerprint density at radius 3 is 3.05 bits per heavy atom. The summed E-state index contributed by atoms with van der Waals surface area (Å²) in [6.07, 6.45) is 4.10. The lowest BCUT2D eigenvalue weighted by Gasteiger charge is -2.21. The first kappa shape index (κ1) is 12.1. The van der Waals surface area contributed by atoms with Crippen LogP contribution < -0.4 is 10.6 Å². The minimum atomic E-state index is 0.748. The number of benzene rings is 1. The van der Waals surface area contributed by atoms with Gasteiger partial charge in [-0.15, -0.1) is 0 Å². The zero-order valence-electron chi connectivity index (χ0n) is 10.9. The minimum Gasteiger partial charge on any atom is -0.385 e. The Kier molecular flexibility index (Phi) is 3.70. The van der Waals surface area contributed by atoms with Gasteiger partial charge in [0.1, 0.15) is 0 Å². The summed E-state index contributed by atoms with van der Waals surface area (Å²) in [6.45, 7) is 2.68. The number of nitrogens with one attached hydrogen (secondary N) is 2. The molecule has 1 aliphatic heterocycles. The third-order valence-electron chi connectivity index (χ3n) is 3.41. The highest BCUT2D eigenvalue weighted by Gasteiger charge is 2.11. The van der Waals surface area contributed by atoms with Crippen molar-refractivity contribution in [3.05, 3.63) is 53.3 Å². The lowest BCUT2D eigenvalue weighted by Crippen LogP contribution is -2.18. The molecule has 2 N–H and O–H groups in total. The fourth-order valence-electron chi connectivity index (χ4n) is 2.48. The first-order valence-corrected chi connectivity index (χ1v) is 6.75. The van der Waals surface area contributed by atoms with E-state index < -0.39 is 0 Å². The van der Waals surface area contributed by atoms with Gasteiger partial charge in [0, 0.05) is 31.5 Å². The number of aryl methyl sites for hydroxylation is 1. The van der Waals surface area contributed by atoms with Gasteiger partial charge in [0.15, 0.2) is 0 Å². The van der Waals surface area contributed by atoms with Crippen molar-refractivity contribution >= 4 is 5.69 Å². The van der Waals surface area contributed by atoms with Crippen LogP contribution in [0, 0.1) is 0 Å². The van der Waals surface area contributed by atoms with Crippen molar-refractivity contribution in [3.8, 4) is 0 Å². The number of para-hydroxylation sites is 1. The Morgan fingerprint density at radius 1 is 1.16 bits per heavy atom. The van der Waals surface area contributed by atoms with E-state index >= 15 is 0 Å². The highest BCUT2D eigenvalue weighted by atomic mass is 15.1. The van der Waals surface area contributed by atoms with E-state index in [1.165, 1.54) is 29.7 Å². The quantitative estimate of drug-likeness (QED) is 0.877. The van der Waals surface area contributed by atoms with E-state index in [1.54, 1.807) is 6.20 Å². The summed E-state index contributed by atoms with van der Waals surface area (Å²) in [5.74, 6) is 0. The molecule has 1 aromatic heterocycles. The molecular weight excluding hydrogens is 236 g/mol. The number of aromatic nitrogens is 2. The number of nitrogens with zero attached hydrogens (tertiary/aromatic N) is 2. The van der Waals surface area contributed by atoms with Gasteiger partial charge >= 0.3 is 0 Å². The molecule has 0 bridgehead atoms. The monoisotopic (exact) mass is 254 g/mol. The highest BCUT2D eigenvalue weighted by Crippen LogP contribution is 2.25. The van der Waals surface area contributed by atoms with Crippen LogP contribution in [-0.2, 0) is 19.5 Å². The number of hydrogen-bond acceptors (Lipinski definition) is 4. The van der Waals surface area contributed by atoms with E-state index in [2.05, 4.69) is 39.0 Å². The van der Waals surface area contributed by atoms with Crippen molar-refractivity contribution in [2.45, 2.75) is 25.9 Å². The van der Waals surface area contributed by atoms with Crippen LogP contribution in [0.25, 0.3) is 0 Å². The number of fused-ring (bicyclic) bond motifs is 1. The first-order valence-electron chi connectivity index (χ1n) is 6.75. The Morgan fingerprint density at radius 2 is 2.16 bits per heavy atom. The van der Waals surface area contributed by atoms with Gasteiger partial charge in [-0.25, -0.2) is 0 Å². The van der Waals surface area contributed by atoms with Gasteiger partial charge in [0.05, 0.1) is 5.69 Å². The summed E-state index contributed by atoms with van der Waals surface area (Å²) in [5, 5.41) is 14.9. The highest BCUT2D eigenvalue weighted by molar-refractivity contribution is 5.59. The molecule has 0 aliphatic carbocycles. The summed E-state index contributed by atoms with van der Waals surface area (Å²) in [4.78, 5) is 0. The molecule has 0 saturated carbocycles. The molecule has 19 heavy (non-hydrogen) atoms.